The molecule has 1 aromatic carbocycles. The van der Waals surface area contributed by atoms with Crippen molar-refractivity contribution in [3.05, 3.63) is 94.7 Å². The van der Waals surface area contributed by atoms with Crippen LogP contribution in [0.2, 0.25) is 0 Å². The van der Waals surface area contributed by atoms with Gasteiger partial charge in [-0.2, -0.15) is 0 Å². The molecule has 58 heavy (non-hydrogen) atoms. The molecule has 2 saturated heterocycles. The lowest BCUT2D eigenvalue weighted by molar-refractivity contribution is -0.133. The Bertz CT molecular complexity index is 2190. The maximum absolute atomic E-state index is 15.3. The summed E-state index contributed by atoms with van der Waals surface area (Å²) in [6, 6.07) is 13.2. The molecule has 15 heteroatoms. The van der Waals surface area contributed by atoms with Crippen LogP contribution < -0.4 is 26.8 Å². The molecule has 4 aliphatic rings. The Hall–Kier alpha value is -5.57. The Labute approximate surface area is 335 Å². The lowest BCUT2D eigenvalue weighted by atomic mass is 9.82. The maximum Gasteiger partial charge on any atom is 0.256 e. The van der Waals surface area contributed by atoms with E-state index in [0.29, 0.717) is 41.0 Å². The van der Waals surface area contributed by atoms with Crippen molar-refractivity contribution in [3.63, 3.8) is 0 Å². The summed E-state index contributed by atoms with van der Waals surface area (Å²) >= 11 is 0. The van der Waals surface area contributed by atoms with Gasteiger partial charge in [0.25, 0.3) is 5.56 Å². The van der Waals surface area contributed by atoms with Gasteiger partial charge in [-0.1, -0.05) is 12.1 Å². The van der Waals surface area contributed by atoms with Crippen LogP contribution in [0.15, 0.2) is 71.9 Å². The Morgan fingerprint density at radius 1 is 0.793 bits per heavy atom. The van der Waals surface area contributed by atoms with Gasteiger partial charge in [0, 0.05) is 60.2 Å². The Morgan fingerprint density at radius 3 is 2.31 bits per heavy atom. The van der Waals surface area contributed by atoms with Gasteiger partial charge in [-0.05, 0) is 126 Å². The number of nitrogens with zero attached hydrogens (tertiary/aromatic N) is 5. The molecule has 2 aliphatic carbocycles. The summed E-state index contributed by atoms with van der Waals surface area (Å²) in [5.74, 6) is -0.553. The Balaban J connectivity index is 0.760. The Morgan fingerprint density at radius 2 is 1.57 bits per heavy atom. The molecule has 0 radical (unpaired) electrons. The monoisotopic (exact) mass is 793 g/mol. The molecule has 304 valence electrons. The number of nitrogens with one attached hydrogen (secondary N) is 4. The van der Waals surface area contributed by atoms with Crippen molar-refractivity contribution in [1.82, 2.24) is 35.1 Å². The van der Waals surface area contributed by atoms with Gasteiger partial charge in [-0.25, -0.2) is 23.7 Å². The molecule has 5 heterocycles. The van der Waals surface area contributed by atoms with E-state index in [1.54, 1.807) is 30.5 Å². The highest BCUT2D eigenvalue weighted by molar-refractivity contribution is 6.01. The maximum atomic E-state index is 15.3. The van der Waals surface area contributed by atoms with E-state index >= 15 is 4.39 Å². The first-order valence-corrected chi connectivity index (χ1v) is 20.5. The fourth-order valence-electron chi connectivity index (χ4n) is 9.10. The van der Waals surface area contributed by atoms with Gasteiger partial charge in [-0.15, -0.1) is 0 Å². The molecular weight excluding hydrogens is 745 g/mol. The first kappa shape index (κ1) is 39.3. The summed E-state index contributed by atoms with van der Waals surface area (Å²) in [5.41, 5.74) is 1.59. The van der Waals surface area contributed by atoms with E-state index in [9.17, 15) is 23.6 Å². The minimum atomic E-state index is -0.577. The van der Waals surface area contributed by atoms with Gasteiger partial charge in [0.1, 0.15) is 23.4 Å². The van der Waals surface area contributed by atoms with Crippen molar-refractivity contribution in [2.75, 3.05) is 23.7 Å². The summed E-state index contributed by atoms with van der Waals surface area (Å²) in [7, 11) is 0. The molecule has 8 rings (SSSR count). The lowest BCUT2D eigenvalue weighted by Gasteiger charge is -2.41. The summed E-state index contributed by atoms with van der Waals surface area (Å²) in [5, 5.41) is 12.1. The number of rotatable bonds is 10. The fraction of sp³-hybridized carbons (Fsp3) is 0.465. The van der Waals surface area contributed by atoms with E-state index < -0.39 is 11.9 Å². The topological polar surface area (TPSA) is 163 Å². The van der Waals surface area contributed by atoms with Crippen molar-refractivity contribution < 1.29 is 23.2 Å². The van der Waals surface area contributed by atoms with Crippen LogP contribution in [0.1, 0.15) is 88.5 Å². The number of amides is 3. The molecule has 0 spiro atoms. The molecule has 0 bridgehead atoms. The van der Waals surface area contributed by atoms with Crippen molar-refractivity contribution in [1.29, 1.82) is 0 Å². The summed E-state index contributed by atoms with van der Waals surface area (Å²) in [6.07, 6.45) is 13.6. The van der Waals surface area contributed by atoms with Crippen LogP contribution in [0, 0.1) is 17.6 Å². The molecule has 1 unspecified atom stereocenters. The molecule has 1 atom stereocenters. The number of aromatic nitrogens is 4. The number of hydrogen-bond donors (Lipinski definition) is 4. The van der Waals surface area contributed by atoms with Gasteiger partial charge < -0.3 is 20.9 Å². The summed E-state index contributed by atoms with van der Waals surface area (Å²) < 4.78 is 31.6. The molecular formula is C43H49F2N9O4. The smallest absolute Gasteiger partial charge is 0.256 e. The standard InChI is InChI=1S/C43H49F2N9O4/c44-34-24-31(48-36-14-15-38(55)51-42(36)58)10-13-33(34)26-17-21-53(22-18-26)32-11-4-27(5-12-32)41(57)49-29-6-8-30(9-7-29)50-43-47-25-35(45)40(52-43)28-16-19-46-37(23-28)54-20-2-1-3-39(54)56/h1-3,10,13,16,19-20,23-27,29-30,32,36,48H,4-9,11-12,14-15,17-18,21-22H2,(H,49,57)(H,47,50,52)(H,51,55,58)/t27-,29?,30?,32-,36?. The molecule has 3 aromatic heterocycles. The van der Waals surface area contributed by atoms with Gasteiger partial charge >= 0.3 is 0 Å². The Kier molecular flexibility index (Phi) is 11.9. The first-order valence-electron chi connectivity index (χ1n) is 20.5. The van der Waals surface area contributed by atoms with E-state index in [4.69, 9.17) is 0 Å². The quantitative estimate of drug-likeness (QED) is 0.152. The summed E-state index contributed by atoms with van der Waals surface area (Å²) in [4.78, 5) is 64.7. The van der Waals surface area contributed by atoms with Crippen LogP contribution in [-0.4, -0.2) is 79.4 Å². The molecule has 4 N–H and O–H groups in total. The molecule has 2 aliphatic heterocycles. The highest BCUT2D eigenvalue weighted by atomic mass is 19.1. The second kappa shape index (κ2) is 17.5. The van der Waals surface area contributed by atoms with E-state index in [1.807, 2.05) is 12.1 Å². The van der Waals surface area contributed by atoms with Gasteiger partial charge in [0.15, 0.2) is 5.82 Å². The highest BCUT2D eigenvalue weighted by Gasteiger charge is 2.34. The number of halogens is 2. The number of benzene rings is 1. The predicted molar refractivity (Wildman–Crippen MR) is 214 cm³/mol. The van der Waals surface area contributed by atoms with Gasteiger partial charge in [0.05, 0.1) is 6.20 Å². The van der Waals surface area contributed by atoms with Crippen LogP contribution in [-0.2, 0) is 14.4 Å². The van der Waals surface area contributed by atoms with Crippen LogP contribution in [0.4, 0.5) is 20.4 Å². The molecule has 3 amide bonds. The predicted octanol–water partition coefficient (Wildman–Crippen LogP) is 5.46. The fourth-order valence-corrected chi connectivity index (χ4v) is 9.10. The number of anilines is 2. The van der Waals surface area contributed by atoms with Crippen molar-refractivity contribution in [2.24, 2.45) is 5.92 Å². The number of piperidine rings is 2. The molecule has 2 saturated carbocycles. The van der Waals surface area contributed by atoms with Gasteiger partial charge in [-0.3, -0.25) is 29.1 Å². The van der Waals surface area contributed by atoms with Crippen LogP contribution in [0.5, 0.6) is 0 Å². The molecule has 4 fully saturated rings. The second-order valence-electron chi connectivity index (χ2n) is 16.1. The first-order chi connectivity index (χ1) is 28.2. The van der Waals surface area contributed by atoms with Crippen molar-refractivity contribution >= 4 is 29.4 Å². The zero-order valence-electron chi connectivity index (χ0n) is 32.3. The van der Waals surface area contributed by atoms with Crippen molar-refractivity contribution in [2.45, 2.75) is 107 Å². The van der Waals surface area contributed by atoms with Crippen LogP contribution in [0.25, 0.3) is 17.1 Å². The largest absolute Gasteiger partial charge is 0.374 e. The van der Waals surface area contributed by atoms with E-state index in [-0.39, 0.29) is 65.1 Å². The normalized spacial score (nSPS) is 24.5. The zero-order chi connectivity index (χ0) is 40.2. The number of imide groups is 1. The molecule has 13 nitrogen and oxygen atoms in total. The SMILES string of the molecule is O=C1CCC(Nc2ccc(C3CCN([C@H]4CC[C@H](C(=O)NC5CCC(Nc6ncc(F)c(-c7ccnc(-n8ccccc8=O)c7)n6)CC5)CC4)CC3)c(F)c2)C(=O)N1. The van der Waals surface area contributed by atoms with Gasteiger partial charge in [0.2, 0.25) is 23.7 Å². The van der Waals surface area contributed by atoms with Crippen LogP contribution in [0.3, 0.4) is 0 Å². The number of hydrogen-bond acceptors (Lipinski definition) is 10. The third-order valence-corrected chi connectivity index (χ3v) is 12.4. The van der Waals surface area contributed by atoms with E-state index in [0.717, 1.165) is 83.5 Å². The number of carbonyl (C=O) groups excluding carboxylic acids is 3. The zero-order valence-corrected chi connectivity index (χ0v) is 32.3. The highest BCUT2D eigenvalue weighted by Crippen LogP contribution is 2.36. The second-order valence-corrected chi connectivity index (χ2v) is 16.1. The number of likely N-dealkylation sites (tertiary alicyclic amines) is 1. The average molecular weight is 794 g/mol. The third-order valence-electron chi connectivity index (χ3n) is 12.4. The lowest BCUT2D eigenvalue weighted by Crippen LogP contribution is -2.47. The average Bonchev–Trinajstić information content (AvgIpc) is 3.24. The molecule has 4 aromatic rings. The van der Waals surface area contributed by atoms with E-state index in [1.165, 1.54) is 22.9 Å². The minimum Gasteiger partial charge on any atom is -0.374 e. The van der Waals surface area contributed by atoms with Crippen molar-refractivity contribution in [3.8, 4) is 17.1 Å². The van der Waals surface area contributed by atoms with Crippen LogP contribution >= 0.6 is 0 Å². The third kappa shape index (κ3) is 9.09. The minimum absolute atomic E-state index is 0.00582. The van der Waals surface area contributed by atoms with E-state index in [2.05, 4.69) is 41.1 Å². The number of pyridine rings is 2. The number of carbonyl (C=O) groups is 3. The summed E-state index contributed by atoms with van der Waals surface area (Å²) in [6.45, 7) is 1.79.